The normalized spacial score (nSPS) is 9.46. The third-order valence-electron chi connectivity index (χ3n) is 1.66. The van der Waals surface area contributed by atoms with Gasteiger partial charge in [-0.1, -0.05) is 13.5 Å². The molecule has 68 valence electrons. The molecule has 1 heterocycles. The van der Waals surface area contributed by atoms with Gasteiger partial charge in [-0.25, -0.2) is 4.98 Å². The van der Waals surface area contributed by atoms with Crippen LogP contribution in [0.2, 0.25) is 0 Å². The molecule has 0 fully saturated rings. The quantitative estimate of drug-likeness (QED) is 0.570. The number of halogens is 2. The van der Waals surface area contributed by atoms with Crippen molar-refractivity contribution in [3.05, 3.63) is 40.6 Å². The minimum atomic E-state index is -0.487. The number of nitrogens with zero attached hydrogens (tertiary/aromatic N) is 1. The summed E-state index contributed by atoms with van der Waals surface area (Å²) in [5.41, 5.74) is 4.14. The van der Waals surface area contributed by atoms with E-state index in [2.05, 4.69) is 33.2 Å². The number of hydrogen-bond donors (Lipinski definition) is 0. The maximum absolute atomic E-state index is 12.8. The standard InChI is InChI=1S/C10H9BrFN/c1-3-7(4-2)10-8(11)5-6-9(12)13-10/h5-6H,1,4H2,2H3. The Kier molecular flexibility index (Phi) is 3.40. The molecule has 13 heavy (non-hydrogen) atoms. The van der Waals surface area contributed by atoms with Crippen LogP contribution in [0.1, 0.15) is 19.0 Å². The molecule has 0 bridgehead atoms. The SMILES string of the molecule is C=C=C(CC)c1nc(F)ccc1Br. The molecular weight excluding hydrogens is 233 g/mol. The van der Waals surface area contributed by atoms with Crippen molar-refractivity contribution in [1.82, 2.24) is 4.98 Å². The fraction of sp³-hybridized carbons (Fsp3) is 0.200. The Balaban J connectivity index is 3.27. The van der Waals surface area contributed by atoms with E-state index in [4.69, 9.17) is 0 Å². The first-order valence-corrected chi connectivity index (χ1v) is 4.69. The predicted octanol–water partition coefficient (Wildman–Crippen LogP) is 3.56. The average molecular weight is 242 g/mol. The van der Waals surface area contributed by atoms with Crippen LogP contribution in [0, 0.1) is 5.95 Å². The Morgan fingerprint density at radius 2 is 2.38 bits per heavy atom. The van der Waals surface area contributed by atoms with Crippen molar-refractivity contribution in [2.45, 2.75) is 13.3 Å². The molecule has 0 spiro atoms. The smallest absolute Gasteiger partial charge is 0.213 e. The lowest BCUT2D eigenvalue weighted by atomic mass is 10.1. The van der Waals surface area contributed by atoms with E-state index in [0.29, 0.717) is 5.69 Å². The first kappa shape index (κ1) is 10.2. The molecule has 0 radical (unpaired) electrons. The number of pyridine rings is 1. The second kappa shape index (κ2) is 4.35. The average Bonchev–Trinajstić information content (AvgIpc) is 2.13. The van der Waals surface area contributed by atoms with Gasteiger partial charge in [0.2, 0.25) is 5.95 Å². The van der Waals surface area contributed by atoms with Crippen LogP contribution in [0.3, 0.4) is 0 Å². The second-order valence-electron chi connectivity index (χ2n) is 2.47. The highest BCUT2D eigenvalue weighted by Crippen LogP contribution is 2.23. The topological polar surface area (TPSA) is 12.9 Å². The molecule has 1 rings (SSSR count). The molecule has 0 saturated heterocycles. The van der Waals surface area contributed by atoms with Crippen molar-refractivity contribution in [3.63, 3.8) is 0 Å². The number of hydrogen-bond acceptors (Lipinski definition) is 1. The fourth-order valence-electron chi connectivity index (χ4n) is 1.01. The van der Waals surface area contributed by atoms with E-state index in [-0.39, 0.29) is 0 Å². The van der Waals surface area contributed by atoms with E-state index in [0.717, 1.165) is 16.5 Å². The summed E-state index contributed by atoms with van der Waals surface area (Å²) in [6.07, 6.45) is 0.735. The highest BCUT2D eigenvalue weighted by molar-refractivity contribution is 9.10. The van der Waals surface area contributed by atoms with Gasteiger partial charge < -0.3 is 0 Å². The van der Waals surface area contributed by atoms with E-state index in [1.165, 1.54) is 6.07 Å². The van der Waals surface area contributed by atoms with Crippen molar-refractivity contribution >= 4 is 21.5 Å². The molecule has 0 aromatic carbocycles. The third kappa shape index (κ3) is 2.27. The summed E-state index contributed by atoms with van der Waals surface area (Å²) in [4.78, 5) is 3.76. The van der Waals surface area contributed by atoms with Gasteiger partial charge in [-0.15, -0.1) is 5.73 Å². The molecule has 0 aliphatic rings. The summed E-state index contributed by atoms with van der Waals surface area (Å²) < 4.78 is 13.6. The van der Waals surface area contributed by atoms with Gasteiger partial charge in [0.05, 0.1) is 5.69 Å². The molecule has 1 nitrogen and oxygen atoms in total. The molecule has 0 N–H and O–H groups in total. The fourth-order valence-corrected chi connectivity index (χ4v) is 1.47. The van der Waals surface area contributed by atoms with Gasteiger partial charge >= 0.3 is 0 Å². The molecule has 0 amide bonds. The number of allylic oxidation sites excluding steroid dienone is 1. The molecule has 0 aliphatic heterocycles. The van der Waals surface area contributed by atoms with Crippen molar-refractivity contribution in [2.75, 3.05) is 0 Å². The maximum atomic E-state index is 12.8. The Hall–Kier alpha value is -0.920. The molecule has 0 saturated carbocycles. The van der Waals surface area contributed by atoms with Crippen molar-refractivity contribution in [1.29, 1.82) is 0 Å². The minimum Gasteiger partial charge on any atom is -0.218 e. The third-order valence-corrected chi connectivity index (χ3v) is 2.30. The van der Waals surface area contributed by atoms with Gasteiger partial charge in [-0.3, -0.25) is 0 Å². The lowest BCUT2D eigenvalue weighted by Gasteiger charge is -2.03. The molecule has 1 aromatic rings. The van der Waals surface area contributed by atoms with Crippen LogP contribution >= 0.6 is 15.9 Å². The van der Waals surface area contributed by atoms with Gasteiger partial charge in [-0.05, 0) is 34.5 Å². The summed E-state index contributed by atoms with van der Waals surface area (Å²) in [5, 5.41) is 0. The van der Waals surface area contributed by atoms with Crippen molar-refractivity contribution < 1.29 is 4.39 Å². The van der Waals surface area contributed by atoms with E-state index < -0.39 is 5.95 Å². The molecule has 0 aliphatic carbocycles. The van der Waals surface area contributed by atoms with Crippen LogP contribution in [-0.2, 0) is 0 Å². The van der Waals surface area contributed by atoms with Gasteiger partial charge in [0.1, 0.15) is 0 Å². The molecule has 0 atom stereocenters. The lowest BCUT2D eigenvalue weighted by Crippen LogP contribution is -1.92. The van der Waals surface area contributed by atoms with Crippen LogP contribution in [0.4, 0.5) is 4.39 Å². The summed E-state index contributed by atoms with van der Waals surface area (Å²) in [5.74, 6) is -0.487. The molecule has 0 unspecified atom stereocenters. The summed E-state index contributed by atoms with van der Waals surface area (Å²) in [6, 6.07) is 2.94. The van der Waals surface area contributed by atoms with E-state index in [1.807, 2.05) is 6.92 Å². The Morgan fingerprint density at radius 3 is 2.92 bits per heavy atom. The zero-order valence-corrected chi connectivity index (χ0v) is 8.86. The van der Waals surface area contributed by atoms with Gasteiger partial charge in [0.15, 0.2) is 0 Å². The summed E-state index contributed by atoms with van der Waals surface area (Å²) in [6.45, 7) is 5.48. The van der Waals surface area contributed by atoms with Crippen LogP contribution < -0.4 is 0 Å². The zero-order valence-electron chi connectivity index (χ0n) is 7.27. The second-order valence-corrected chi connectivity index (χ2v) is 3.33. The number of aromatic nitrogens is 1. The minimum absolute atomic E-state index is 0.487. The van der Waals surface area contributed by atoms with Crippen LogP contribution in [0.25, 0.3) is 5.57 Å². The highest BCUT2D eigenvalue weighted by atomic mass is 79.9. The van der Waals surface area contributed by atoms with Crippen molar-refractivity contribution in [2.24, 2.45) is 0 Å². The zero-order chi connectivity index (χ0) is 9.84. The number of rotatable bonds is 2. The monoisotopic (exact) mass is 241 g/mol. The van der Waals surface area contributed by atoms with E-state index >= 15 is 0 Å². The molecular formula is C10H9BrFN. The highest BCUT2D eigenvalue weighted by Gasteiger charge is 2.06. The van der Waals surface area contributed by atoms with Gasteiger partial charge in [0.25, 0.3) is 0 Å². The van der Waals surface area contributed by atoms with Gasteiger partial charge in [0, 0.05) is 10.0 Å². The molecule has 3 heteroatoms. The van der Waals surface area contributed by atoms with E-state index in [9.17, 15) is 4.39 Å². The van der Waals surface area contributed by atoms with Crippen molar-refractivity contribution in [3.8, 4) is 0 Å². The van der Waals surface area contributed by atoms with Crippen LogP contribution in [-0.4, -0.2) is 4.98 Å². The Labute approximate surface area is 85.1 Å². The van der Waals surface area contributed by atoms with Crippen LogP contribution in [0.15, 0.2) is 28.9 Å². The Morgan fingerprint density at radius 1 is 1.69 bits per heavy atom. The predicted molar refractivity (Wildman–Crippen MR) is 54.7 cm³/mol. The summed E-state index contributed by atoms with van der Waals surface area (Å²) in [7, 11) is 0. The molecule has 1 aromatic heterocycles. The van der Waals surface area contributed by atoms with Crippen LogP contribution in [0.5, 0.6) is 0 Å². The van der Waals surface area contributed by atoms with E-state index in [1.54, 1.807) is 6.07 Å². The lowest BCUT2D eigenvalue weighted by molar-refractivity contribution is 0.581. The van der Waals surface area contributed by atoms with Gasteiger partial charge in [-0.2, -0.15) is 4.39 Å². The largest absolute Gasteiger partial charge is 0.218 e. The first-order chi connectivity index (χ1) is 6.19. The first-order valence-electron chi connectivity index (χ1n) is 3.90. The maximum Gasteiger partial charge on any atom is 0.213 e. The Bertz CT molecular complexity index is 367. The summed E-state index contributed by atoms with van der Waals surface area (Å²) >= 11 is 3.29.